The molecule has 1 fully saturated rings. The van der Waals surface area contributed by atoms with E-state index in [1.54, 1.807) is 30.4 Å². The molecular weight excluding hydrogens is 424 g/mol. The fourth-order valence-electron chi connectivity index (χ4n) is 3.90. The lowest BCUT2D eigenvalue weighted by atomic mass is 9.91. The largest absolute Gasteiger partial charge is 0.366 e. The number of benzene rings is 1. The highest BCUT2D eigenvalue weighted by molar-refractivity contribution is 8.00. The second-order valence-electron chi connectivity index (χ2n) is 8.15. The molecule has 1 aliphatic heterocycles. The fraction of sp³-hybridized carbons (Fsp3) is 0.364. The zero-order valence-corrected chi connectivity index (χ0v) is 19.4. The number of aromatic nitrogens is 4. The maximum Gasteiger partial charge on any atom is 0.251 e. The van der Waals surface area contributed by atoms with Crippen LogP contribution >= 0.6 is 11.9 Å². The normalized spacial score (nSPS) is 15.9. The number of piperidine rings is 1. The van der Waals surface area contributed by atoms with Crippen molar-refractivity contribution in [2.45, 2.75) is 25.7 Å². The van der Waals surface area contributed by atoms with E-state index < -0.39 is 5.91 Å². The Labute approximate surface area is 191 Å². The lowest BCUT2D eigenvalue weighted by Crippen LogP contribution is -2.28. The predicted molar refractivity (Wildman–Crippen MR) is 129 cm³/mol. The van der Waals surface area contributed by atoms with Crippen LogP contribution in [0.2, 0.25) is 0 Å². The summed E-state index contributed by atoms with van der Waals surface area (Å²) >= 11 is 1.60. The van der Waals surface area contributed by atoms with Gasteiger partial charge in [0.1, 0.15) is 16.4 Å². The molecule has 0 spiro atoms. The number of nitrogens with two attached hydrogens (primary N) is 1. The third kappa shape index (κ3) is 4.56. The van der Waals surface area contributed by atoms with Crippen LogP contribution in [-0.4, -0.2) is 68.5 Å². The van der Waals surface area contributed by atoms with Crippen LogP contribution in [-0.2, 0) is 0 Å². The van der Waals surface area contributed by atoms with Crippen molar-refractivity contribution in [3.05, 3.63) is 47.4 Å². The molecule has 4 rings (SSSR count). The van der Waals surface area contributed by atoms with Crippen molar-refractivity contribution in [1.29, 1.82) is 0 Å². The number of aliphatic imine (C=N–C) groups is 1. The Morgan fingerprint density at radius 3 is 2.69 bits per heavy atom. The standard InChI is InChI=1S/C22H28N8OS/c1-13(29(3)4)26-14(2)32-30-7-5-15(6-8-30)20-18-9-16(17-11-24-25-12-17)10-19(22(23)31)21(18)28-27-20/h9-12,15H,2,5-8H2,1,3-4H3,(H2,23,31)(H,24,25)(H,27,28)/b26-13-. The van der Waals surface area contributed by atoms with E-state index in [4.69, 9.17) is 5.73 Å². The summed E-state index contributed by atoms with van der Waals surface area (Å²) in [6.45, 7) is 7.88. The molecule has 0 saturated carbocycles. The van der Waals surface area contributed by atoms with Crippen molar-refractivity contribution in [3.63, 3.8) is 0 Å². The van der Waals surface area contributed by atoms with Crippen molar-refractivity contribution in [2.24, 2.45) is 10.7 Å². The van der Waals surface area contributed by atoms with Crippen molar-refractivity contribution in [3.8, 4) is 11.1 Å². The van der Waals surface area contributed by atoms with Crippen LogP contribution in [0.15, 0.2) is 41.1 Å². The van der Waals surface area contributed by atoms with Gasteiger partial charge in [0.15, 0.2) is 0 Å². The number of nitrogens with one attached hydrogen (secondary N) is 2. The Hall–Kier alpha value is -3.11. The first kappa shape index (κ1) is 22.1. The number of amidine groups is 1. The third-order valence-electron chi connectivity index (χ3n) is 5.82. The Bertz CT molecular complexity index is 1160. The van der Waals surface area contributed by atoms with Crippen LogP contribution in [0.1, 0.15) is 41.7 Å². The van der Waals surface area contributed by atoms with Gasteiger partial charge in [-0.25, -0.2) is 9.30 Å². The van der Waals surface area contributed by atoms with Gasteiger partial charge in [-0.1, -0.05) is 6.58 Å². The number of rotatable bonds is 6. The summed E-state index contributed by atoms with van der Waals surface area (Å²) in [6.07, 6.45) is 5.47. The first-order valence-electron chi connectivity index (χ1n) is 10.5. The van der Waals surface area contributed by atoms with Gasteiger partial charge in [0.25, 0.3) is 5.91 Å². The Kier molecular flexibility index (Phi) is 6.33. The van der Waals surface area contributed by atoms with Gasteiger partial charge in [-0.2, -0.15) is 10.2 Å². The molecule has 168 valence electrons. The first-order valence-corrected chi connectivity index (χ1v) is 11.3. The molecule has 3 heterocycles. The van der Waals surface area contributed by atoms with Crippen LogP contribution in [0, 0.1) is 0 Å². The highest BCUT2D eigenvalue weighted by atomic mass is 32.2. The lowest BCUT2D eigenvalue weighted by molar-refractivity contribution is 0.100. The lowest BCUT2D eigenvalue weighted by Gasteiger charge is -2.30. The molecular formula is C22H28N8OS. The highest BCUT2D eigenvalue weighted by Gasteiger charge is 2.26. The molecule has 1 aromatic carbocycles. The summed E-state index contributed by atoms with van der Waals surface area (Å²) in [5, 5.41) is 16.2. The summed E-state index contributed by atoms with van der Waals surface area (Å²) < 4.78 is 2.30. The summed E-state index contributed by atoms with van der Waals surface area (Å²) in [5.74, 6) is 0.758. The van der Waals surface area contributed by atoms with Crippen molar-refractivity contribution >= 4 is 34.6 Å². The minimum atomic E-state index is -0.489. The Balaban J connectivity index is 1.53. The van der Waals surface area contributed by atoms with E-state index in [1.165, 1.54) is 0 Å². The predicted octanol–water partition coefficient (Wildman–Crippen LogP) is 3.33. The van der Waals surface area contributed by atoms with Crippen molar-refractivity contribution in [2.75, 3.05) is 27.2 Å². The van der Waals surface area contributed by atoms with Crippen LogP contribution in [0.3, 0.4) is 0 Å². The average Bonchev–Trinajstić information content (AvgIpc) is 3.43. The van der Waals surface area contributed by atoms with Gasteiger partial charge in [0, 0.05) is 55.9 Å². The molecule has 0 aliphatic carbocycles. The number of carbonyl (C=O) groups excluding carboxylic acids is 1. The van der Waals surface area contributed by atoms with Gasteiger partial charge < -0.3 is 10.6 Å². The zero-order valence-electron chi connectivity index (χ0n) is 18.6. The number of hydrogen-bond donors (Lipinski definition) is 3. The maximum atomic E-state index is 12.1. The van der Waals surface area contributed by atoms with E-state index in [1.807, 2.05) is 25.9 Å². The van der Waals surface area contributed by atoms with Crippen LogP contribution < -0.4 is 5.73 Å². The second-order valence-corrected chi connectivity index (χ2v) is 9.32. The SMILES string of the molecule is C=C(/N=C(/C)N(C)C)SN1CCC(c2[nH]nc3c(C(N)=O)cc(-c4cn[nH]c4)cc23)CC1. The van der Waals surface area contributed by atoms with E-state index in [0.717, 1.165) is 59.0 Å². The molecule has 3 aromatic rings. The number of primary amides is 1. The number of H-pyrrole nitrogens is 2. The van der Waals surface area contributed by atoms with Crippen LogP contribution in [0.4, 0.5) is 0 Å². The second kappa shape index (κ2) is 9.17. The van der Waals surface area contributed by atoms with E-state index in [0.29, 0.717) is 17.0 Å². The topological polar surface area (TPSA) is 119 Å². The van der Waals surface area contributed by atoms with Gasteiger partial charge in [-0.3, -0.25) is 15.0 Å². The number of aromatic amines is 2. The maximum absolute atomic E-state index is 12.1. The number of carbonyl (C=O) groups is 1. The summed E-state index contributed by atoms with van der Waals surface area (Å²) in [4.78, 5) is 18.6. The van der Waals surface area contributed by atoms with Crippen LogP contribution in [0.25, 0.3) is 22.0 Å². The summed E-state index contributed by atoms with van der Waals surface area (Å²) in [5.41, 5.74) is 9.55. The molecule has 4 N–H and O–H groups in total. The monoisotopic (exact) mass is 452 g/mol. The molecule has 0 atom stereocenters. The van der Waals surface area contributed by atoms with Crippen molar-refractivity contribution < 1.29 is 4.79 Å². The van der Waals surface area contributed by atoms with Gasteiger partial charge in [0.05, 0.1) is 11.8 Å². The van der Waals surface area contributed by atoms with E-state index in [9.17, 15) is 4.79 Å². The van der Waals surface area contributed by atoms with Gasteiger partial charge in [0.2, 0.25) is 0 Å². The van der Waals surface area contributed by atoms with Gasteiger partial charge in [-0.05, 0) is 49.4 Å². The van der Waals surface area contributed by atoms with E-state index >= 15 is 0 Å². The molecule has 10 heteroatoms. The number of hydrogen-bond acceptors (Lipinski definition) is 6. The van der Waals surface area contributed by atoms with Crippen LogP contribution in [0.5, 0.6) is 0 Å². The molecule has 9 nitrogen and oxygen atoms in total. The molecule has 1 saturated heterocycles. The minimum absolute atomic E-state index is 0.317. The number of fused-ring (bicyclic) bond motifs is 1. The Morgan fingerprint density at radius 1 is 1.31 bits per heavy atom. The average molecular weight is 453 g/mol. The molecule has 1 amide bonds. The Morgan fingerprint density at radius 2 is 2.06 bits per heavy atom. The highest BCUT2D eigenvalue weighted by Crippen LogP contribution is 2.37. The number of amides is 1. The molecule has 2 aromatic heterocycles. The third-order valence-corrected chi connectivity index (χ3v) is 6.74. The summed E-state index contributed by atoms with van der Waals surface area (Å²) in [7, 11) is 3.94. The molecule has 0 radical (unpaired) electrons. The smallest absolute Gasteiger partial charge is 0.251 e. The van der Waals surface area contributed by atoms with E-state index in [2.05, 4.69) is 42.3 Å². The molecule has 32 heavy (non-hydrogen) atoms. The fourth-order valence-corrected chi connectivity index (χ4v) is 4.76. The van der Waals surface area contributed by atoms with Crippen molar-refractivity contribution in [1.82, 2.24) is 29.6 Å². The zero-order chi connectivity index (χ0) is 22.8. The minimum Gasteiger partial charge on any atom is -0.366 e. The molecule has 1 aliphatic rings. The molecule has 0 unspecified atom stereocenters. The van der Waals surface area contributed by atoms with E-state index in [-0.39, 0.29) is 0 Å². The number of nitrogens with zero attached hydrogens (tertiary/aromatic N) is 5. The summed E-state index contributed by atoms with van der Waals surface area (Å²) in [6, 6.07) is 3.84. The van der Waals surface area contributed by atoms with Gasteiger partial charge >= 0.3 is 0 Å². The quantitative estimate of drug-likeness (QED) is 0.300. The molecule has 0 bridgehead atoms. The first-order chi connectivity index (χ1) is 15.3. The van der Waals surface area contributed by atoms with Gasteiger partial charge in [-0.15, -0.1) is 0 Å².